The van der Waals surface area contributed by atoms with Crippen molar-refractivity contribution in [2.75, 3.05) is 19.0 Å². The number of anilines is 1. The molecule has 0 radical (unpaired) electrons. The van der Waals surface area contributed by atoms with Crippen LogP contribution in [0.1, 0.15) is 72.9 Å². The van der Waals surface area contributed by atoms with Gasteiger partial charge in [0, 0.05) is 36.9 Å². The van der Waals surface area contributed by atoms with Crippen LogP contribution in [0.5, 0.6) is 5.75 Å². The number of ether oxygens (including phenoxy) is 1. The Morgan fingerprint density at radius 3 is 1.82 bits per heavy atom. The molecule has 0 saturated carbocycles. The SMILES string of the molecule is CCCCC(CC)(Pc1ccccc1N(C)C)c1cc(Cc2ccccc2)cc(Cc2ccccc2)c1OCc1ccccc1. The van der Waals surface area contributed by atoms with E-state index in [0.29, 0.717) is 15.2 Å². The molecule has 0 heterocycles. The van der Waals surface area contributed by atoms with Gasteiger partial charge in [-0.2, -0.15) is 0 Å². The van der Waals surface area contributed by atoms with Crippen LogP contribution in [0.15, 0.2) is 127 Å². The number of unbranched alkanes of at least 4 members (excludes halogenated alkanes) is 1. The molecule has 0 aromatic heterocycles. The summed E-state index contributed by atoms with van der Waals surface area (Å²) in [5.41, 5.74) is 9.15. The molecule has 0 N–H and O–H groups in total. The van der Waals surface area contributed by atoms with E-state index >= 15 is 0 Å². The second-order valence-corrected chi connectivity index (χ2v) is 14.1. The number of hydrogen-bond acceptors (Lipinski definition) is 2. The van der Waals surface area contributed by atoms with E-state index < -0.39 is 0 Å². The molecule has 5 rings (SSSR count). The van der Waals surface area contributed by atoms with Crippen LogP contribution < -0.4 is 14.9 Å². The standard InChI is InChI=1S/C42H48NOP/c1-5-7-27-42(6-2,45-40-26-18-17-25-39(40)43(3)4)38-31-36(28-33-19-11-8-12-20-33)30-37(29-34-21-13-9-14-22-34)41(38)44-32-35-23-15-10-16-24-35/h8-26,30-31,45H,5-7,27-29,32H2,1-4H3. The van der Waals surface area contributed by atoms with Crippen molar-refractivity contribution in [1.82, 2.24) is 0 Å². The van der Waals surface area contributed by atoms with Gasteiger partial charge in [-0.25, -0.2) is 0 Å². The maximum absolute atomic E-state index is 7.03. The summed E-state index contributed by atoms with van der Waals surface area (Å²) < 4.78 is 7.03. The van der Waals surface area contributed by atoms with Gasteiger partial charge < -0.3 is 9.64 Å². The number of benzene rings is 5. The van der Waals surface area contributed by atoms with Gasteiger partial charge in [-0.15, -0.1) is 0 Å². The van der Waals surface area contributed by atoms with Crippen molar-refractivity contribution < 1.29 is 4.74 Å². The van der Waals surface area contributed by atoms with Crippen molar-refractivity contribution >= 4 is 19.6 Å². The molecule has 2 unspecified atom stereocenters. The summed E-state index contributed by atoms with van der Waals surface area (Å²) in [7, 11) is 4.94. The second-order valence-electron chi connectivity index (χ2n) is 12.3. The van der Waals surface area contributed by atoms with Crippen molar-refractivity contribution in [3.8, 4) is 5.75 Å². The van der Waals surface area contributed by atoms with Gasteiger partial charge >= 0.3 is 0 Å². The maximum atomic E-state index is 7.03. The number of rotatable bonds is 15. The third-order valence-corrected chi connectivity index (χ3v) is 10.8. The summed E-state index contributed by atoms with van der Waals surface area (Å²) in [4.78, 5) is 2.27. The van der Waals surface area contributed by atoms with Gasteiger partial charge in [0.2, 0.25) is 0 Å². The highest BCUT2D eigenvalue weighted by Crippen LogP contribution is 2.53. The van der Waals surface area contributed by atoms with Crippen molar-refractivity contribution in [1.29, 1.82) is 0 Å². The molecule has 0 aliphatic heterocycles. The topological polar surface area (TPSA) is 12.5 Å². The minimum absolute atomic E-state index is 0.0493. The molecule has 232 valence electrons. The van der Waals surface area contributed by atoms with Crippen LogP contribution in [0.25, 0.3) is 0 Å². The summed E-state index contributed by atoms with van der Waals surface area (Å²) in [6, 6.07) is 46.3. The fourth-order valence-electron chi connectivity index (χ4n) is 6.32. The third-order valence-electron chi connectivity index (χ3n) is 8.78. The summed E-state index contributed by atoms with van der Waals surface area (Å²) in [5, 5.41) is 1.37. The molecular weight excluding hydrogens is 565 g/mol. The van der Waals surface area contributed by atoms with Crippen LogP contribution in [0.2, 0.25) is 0 Å². The molecule has 45 heavy (non-hydrogen) atoms. The van der Waals surface area contributed by atoms with Crippen LogP contribution in [-0.4, -0.2) is 14.1 Å². The molecule has 0 saturated heterocycles. The van der Waals surface area contributed by atoms with E-state index in [9.17, 15) is 0 Å². The molecule has 0 aliphatic carbocycles. The van der Waals surface area contributed by atoms with Crippen molar-refractivity contribution in [2.45, 2.75) is 64.1 Å². The summed E-state index contributed by atoms with van der Waals surface area (Å²) in [6.45, 7) is 5.26. The quantitative estimate of drug-likeness (QED) is 0.109. The van der Waals surface area contributed by atoms with Gasteiger partial charge in [0.05, 0.1) is 0 Å². The molecule has 0 aliphatic rings. The van der Waals surface area contributed by atoms with Gasteiger partial charge in [-0.05, 0) is 58.5 Å². The molecule has 0 bridgehead atoms. The highest BCUT2D eigenvalue weighted by atomic mass is 31.1. The van der Waals surface area contributed by atoms with Crippen molar-refractivity contribution in [2.24, 2.45) is 0 Å². The molecule has 5 aromatic carbocycles. The molecular formula is C42H48NOP. The summed E-state index contributed by atoms with van der Waals surface area (Å²) >= 11 is 0. The lowest BCUT2D eigenvalue weighted by atomic mass is 9.85. The molecule has 2 nitrogen and oxygen atoms in total. The highest BCUT2D eigenvalue weighted by molar-refractivity contribution is 7.49. The molecule has 3 heteroatoms. The largest absolute Gasteiger partial charge is 0.488 e. The number of hydrogen-bond donors (Lipinski definition) is 0. The van der Waals surface area contributed by atoms with E-state index in [2.05, 4.69) is 160 Å². The monoisotopic (exact) mass is 613 g/mol. The lowest BCUT2D eigenvalue weighted by Gasteiger charge is -2.37. The third kappa shape index (κ3) is 8.44. The first-order valence-electron chi connectivity index (χ1n) is 16.5. The Balaban J connectivity index is 1.72. The maximum Gasteiger partial charge on any atom is 0.127 e. The Hall–Kier alpha value is -3.87. The first-order chi connectivity index (χ1) is 22.0. The fourth-order valence-corrected chi connectivity index (χ4v) is 8.25. The Kier molecular flexibility index (Phi) is 11.5. The number of nitrogens with zero attached hydrogens (tertiary/aromatic N) is 1. The predicted octanol–water partition coefficient (Wildman–Crippen LogP) is 10.3. The summed E-state index contributed by atoms with van der Waals surface area (Å²) in [5.74, 6) is 1.08. The van der Waals surface area contributed by atoms with Crippen LogP contribution >= 0.6 is 8.58 Å². The normalized spacial score (nSPS) is 12.7. The van der Waals surface area contributed by atoms with E-state index in [4.69, 9.17) is 4.74 Å². The Labute approximate surface area is 273 Å². The van der Waals surface area contributed by atoms with Crippen LogP contribution in [0, 0.1) is 0 Å². The first kappa shape index (κ1) is 32.5. The average Bonchev–Trinajstić information content (AvgIpc) is 3.07. The van der Waals surface area contributed by atoms with Gasteiger partial charge in [-0.1, -0.05) is 157 Å². The molecule has 0 spiro atoms. The Bertz CT molecular complexity index is 1620. The van der Waals surface area contributed by atoms with Gasteiger partial charge in [0.25, 0.3) is 0 Å². The number of para-hydroxylation sites is 1. The zero-order valence-corrected chi connectivity index (χ0v) is 28.4. The van der Waals surface area contributed by atoms with Gasteiger partial charge in [0.1, 0.15) is 12.4 Å². The zero-order chi connectivity index (χ0) is 31.5. The Morgan fingerprint density at radius 1 is 0.644 bits per heavy atom. The van der Waals surface area contributed by atoms with E-state index in [1.54, 1.807) is 0 Å². The van der Waals surface area contributed by atoms with Gasteiger partial charge in [0.15, 0.2) is 0 Å². The predicted molar refractivity (Wildman–Crippen MR) is 196 cm³/mol. The Morgan fingerprint density at radius 2 is 1.22 bits per heavy atom. The minimum Gasteiger partial charge on any atom is -0.488 e. The molecule has 0 fully saturated rings. The smallest absolute Gasteiger partial charge is 0.127 e. The van der Waals surface area contributed by atoms with E-state index in [-0.39, 0.29) is 5.16 Å². The minimum atomic E-state index is -0.0493. The molecule has 5 aromatic rings. The van der Waals surface area contributed by atoms with E-state index in [1.807, 2.05) is 0 Å². The summed E-state index contributed by atoms with van der Waals surface area (Å²) in [6.07, 6.45) is 6.27. The highest BCUT2D eigenvalue weighted by Gasteiger charge is 2.35. The first-order valence-corrected chi connectivity index (χ1v) is 17.5. The molecule has 2 atom stereocenters. The zero-order valence-electron chi connectivity index (χ0n) is 27.4. The van der Waals surface area contributed by atoms with E-state index in [1.165, 1.54) is 57.2 Å². The van der Waals surface area contributed by atoms with Crippen molar-refractivity contribution in [3.63, 3.8) is 0 Å². The van der Waals surface area contributed by atoms with Crippen LogP contribution in [0.4, 0.5) is 5.69 Å². The van der Waals surface area contributed by atoms with Gasteiger partial charge in [-0.3, -0.25) is 0 Å². The average molecular weight is 614 g/mol. The van der Waals surface area contributed by atoms with Crippen LogP contribution in [-0.2, 0) is 24.6 Å². The fraction of sp³-hybridized carbons (Fsp3) is 0.286. The van der Waals surface area contributed by atoms with Crippen molar-refractivity contribution in [3.05, 3.63) is 161 Å². The lowest BCUT2D eigenvalue weighted by molar-refractivity contribution is 0.294. The van der Waals surface area contributed by atoms with E-state index in [0.717, 1.165) is 31.4 Å². The second kappa shape index (κ2) is 15.9. The molecule has 0 amide bonds. The van der Waals surface area contributed by atoms with Crippen LogP contribution in [0.3, 0.4) is 0 Å². The lowest BCUT2D eigenvalue weighted by Crippen LogP contribution is -2.27.